The molecule has 0 aliphatic rings. The summed E-state index contributed by atoms with van der Waals surface area (Å²) in [4.78, 5) is 15.1. The van der Waals surface area contributed by atoms with Crippen LogP contribution in [0.25, 0.3) is 111 Å². The van der Waals surface area contributed by atoms with Crippen LogP contribution in [0.1, 0.15) is 19.4 Å². The minimum absolute atomic E-state index is 0. The van der Waals surface area contributed by atoms with Crippen molar-refractivity contribution >= 4 is 77.4 Å². The molecule has 10 aromatic carbocycles. The van der Waals surface area contributed by atoms with Crippen molar-refractivity contribution in [3.8, 4) is 56.0 Å². The molecule has 8 heteroatoms. The van der Waals surface area contributed by atoms with Crippen molar-refractivity contribution in [1.29, 1.82) is 0 Å². The number of aliphatic hydroxyl groups excluding tert-OH is 1. The Morgan fingerprint density at radius 2 is 0.872 bits per heavy atom. The third kappa shape index (κ3) is 11.6. The van der Waals surface area contributed by atoms with Gasteiger partial charge in [0, 0.05) is 64.5 Å². The van der Waals surface area contributed by atoms with Gasteiger partial charge in [-0.15, -0.1) is 44.6 Å². The number of rotatable bonds is 7. The molecule has 1 atom stereocenters. The number of para-hydroxylation sites is 5. The third-order valence-electron chi connectivity index (χ3n) is 13.4. The second kappa shape index (κ2) is 25.1. The molecular formula is C70H56BIrN3O2P-. The van der Waals surface area contributed by atoms with Gasteiger partial charge < -0.3 is 14.2 Å². The number of pyridine rings is 1. The number of fused-ring (bicyclic) bond motifs is 7. The molecule has 13 aromatic rings. The third-order valence-corrected chi connectivity index (χ3v) is 13.4. The maximum atomic E-state index is 10.0. The number of hydrogen-bond donors (Lipinski definition) is 1. The summed E-state index contributed by atoms with van der Waals surface area (Å²) in [5, 5.41) is 14.7. The first-order valence-corrected chi connectivity index (χ1v) is 26.5. The number of carbonyl (C=O) groups excluding carboxylic acids is 1. The van der Waals surface area contributed by atoms with Crippen LogP contribution in [0.4, 0.5) is 0 Å². The number of carbonyl (C=O) groups is 1. The number of aliphatic hydroxyl groups is 1. The average molecular weight is 1210 g/mol. The van der Waals surface area contributed by atoms with Crippen LogP contribution in [0.5, 0.6) is 0 Å². The van der Waals surface area contributed by atoms with Gasteiger partial charge in [0.15, 0.2) is 5.78 Å². The topological polar surface area (TPSA) is 60.0 Å². The van der Waals surface area contributed by atoms with E-state index in [4.69, 9.17) is 17.9 Å². The zero-order valence-electron chi connectivity index (χ0n) is 43.6. The summed E-state index contributed by atoms with van der Waals surface area (Å²) in [5.41, 5.74) is 18.6. The van der Waals surface area contributed by atoms with Crippen LogP contribution < -0.4 is 0 Å². The molecule has 0 saturated carbocycles. The molecule has 3 radical (unpaired) electrons. The van der Waals surface area contributed by atoms with Gasteiger partial charge >= 0.3 is 0 Å². The zero-order valence-corrected chi connectivity index (χ0v) is 47.2. The zero-order chi connectivity index (χ0) is 53.3. The number of allylic oxidation sites excluding steroid dienone is 2. The van der Waals surface area contributed by atoms with Gasteiger partial charge in [0.05, 0.1) is 41.2 Å². The quantitative estimate of drug-likeness (QED) is 0.0569. The average Bonchev–Trinajstić information content (AvgIpc) is 4.18. The van der Waals surface area contributed by atoms with E-state index in [2.05, 4.69) is 274 Å². The van der Waals surface area contributed by atoms with Gasteiger partial charge in [-0.3, -0.25) is 9.78 Å². The Bertz CT molecular complexity index is 3930. The van der Waals surface area contributed by atoms with Gasteiger partial charge in [0.2, 0.25) is 0 Å². The minimum Gasteiger partial charge on any atom is -0.512 e. The Morgan fingerprint density at radius 3 is 1.24 bits per heavy atom. The van der Waals surface area contributed by atoms with Crippen LogP contribution in [0, 0.1) is 13.0 Å². The standard InChI is InChI=1S/C36H24N2.C28H20N.C5H8O2.CH4BP.Ir/c1-5-13-33-29(9-1)30-10-2-6-14-34(30)37(33)27-21-17-25(18-22-27)26-19-23-28(24-20-26)38-35-15-7-3-11-31(35)32-12-4-8-16-36(32)38;1-20-16-18-23(19-17-20)28-27(22-12-6-3-7-13-22)26(21-10-4-2-5-11-21)24-14-8-9-15-25(24)29-28;1-4(6)3-5(2)7;2-1-3;/h1-24H;2-18H,1H3;3,6H,1-2H3;1,3H2;/q;-1;;;. The second-order valence-corrected chi connectivity index (χ2v) is 19.2. The normalized spacial score (nSPS) is 11.0. The predicted molar refractivity (Wildman–Crippen MR) is 330 cm³/mol. The molecule has 0 spiro atoms. The van der Waals surface area contributed by atoms with Crippen LogP contribution in [0.15, 0.2) is 261 Å². The van der Waals surface area contributed by atoms with E-state index in [1.54, 1.807) is 0 Å². The maximum absolute atomic E-state index is 10.0. The van der Waals surface area contributed by atoms with Crippen LogP contribution in [-0.4, -0.2) is 38.9 Å². The second-order valence-electron chi connectivity index (χ2n) is 18.7. The van der Waals surface area contributed by atoms with Crippen LogP contribution >= 0.6 is 9.24 Å². The van der Waals surface area contributed by atoms with Gasteiger partial charge in [-0.25, -0.2) is 0 Å². The molecule has 0 saturated heterocycles. The summed E-state index contributed by atoms with van der Waals surface area (Å²) < 4.78 is 4.72. The van der Waals surface area contributed by atoms with Gasteiger partial charge in [-0.1, -0.05) is 189 Å². The van der Waals surface area contributed by atoms with E-state index in [1.165, 1.54) is 103 Å². The minimum atomic E-state index is -0.125. The fraction of sp³-hybridized carbons (Fsp3) is 0.0571. The van der Waals surface area contributed by atoms with Crippen molar-refractivity contribution in [2.45, 2.75) is 20.8 Å². The van der Waals surface area contributed by atoms with Crippen molar-refractivity contribution < 1.29 is 30.0 Å². The maximum Gasteiger partial charge on any atom is 0.155 e. The molecule has 381 valence electrons. The Morgan fingerprint density at radius 1 is 0.500 bits per heavy atom. The molecular weight excluding hydrogens is 1150 g/mol. The molecule has 13 rings (SSSR count). The van der Waals surface area contributed by atoms with E-state index in [0.717, 1.165) is 33.3 Å². The van der Waals surface area contributed by atoms with E-state index in [-0.39, 0.29) is 31.6 Å². The summed E-state index contributed by atoms with van der Waals surface area (Å²) in [5.74, 6) is -0.0625. The molecule has 0 aliphatic heterocycles. The Hall–Kier alpha value is -8.44. The molecule has 3 aromatic heterocycles. The summed E-state index contributed by atoms with van der Waals surface area (Å²) >= 11 is 0. The molecule has 0 bridgehead atoms. The Labute approximate surface area is 473 Å². The first-order chi connectivity index (χ1) is 37.7. The molecule has 5 nitrogen and oxygen atoms in total. The van der Waals surface area contributed by atoms with Crippen LogP contribution in [-0.2, 0) is 24.9 Å². The first kappa shape index (κ1) is 54.4. The number of aromatic nitrogens is 3. The first-order valence-electron chi connectivity index (χ1n) is 25.7. The van der Waals surface area contributed by atoms with Gasteiger partial charge in [0.1, 0.15) is 0 Å². The molecule has 0 fully saturated rings. The number of nitrogens with zero attached hydrogens (tertiary/aromatic N) is 3. The van der Waals surface area contributed by atoms with E-state index in [9.17, 15) is 4.79 Å². The van der Waals surface area contributed by atoms with Crippen molar-refractivity contribution in [2.75, 3.05) is 6.06 Å². The number of aryl methyl sites for hydroxylation is 1. The number of ketones is 1. The van der Waals surface area contributed by atoms with Gasteiger partial charge in [0.25, 0.3) is 0 Å². The van der Waals surface area contributed by atoms with Crippen LogP contribution in [0.3, 0.4) is 0 Å². The van der Waals surface area contributed by atoms with Gasteiger partial charge in [-0.2, -0.15) is 0 Å². The molecule has 3 heterocycles. The van der Waals surface area contributed by atoms with Gasteiger partial charge in [-0.05, 0) is 108 Å². The predicted octanol–water partition coefficient (Wildman–Crippen LogP) is 17.9. The van der Waals surface area contributed by atoms with Crippen molar-refractivity contribution in [3.05, 3.63) is 272 Å². The van der Waals surface area contributed by atoms with E-state index < -0.39 is 0 Å². The summed E-state index contributed by atoms with van der Waals surface area (Å²) in [6.07, 6.45) is 1.17. The summed E-state index contributed by atoms with van der Waals surface area (Å²) in [6, 6.07) is 92.4. The molecule has 0 aliphatic carbocycles. The smallest absolute Gasteiger partial charge is 0.155 e. The van der Waals surface area contributed by atoms with E-state index in [0.29, 0.717) is 6.06 Å². The fourth-order valence-corrected chi connectivity index (χ4v) is 10.1. The monoisotopic (exact) mass is 1210 g/mol. The Kier molecular flexibility index (Phi) is 17.5. The van der Waals surface area contributed by atoms with Crippen molar-refractivity contribution in [2.24, 2.45) is 0 Å². The Balaban J connectivity index is 0.000000164. The largest absolute Gasteiger partial charge is 0.512 e. The molecule has 1 N–H and O–H groups in total. The van der Waals surface area contributed by atoms with E-state index in [1.807, 2.05) is 6.07 Å². The molecule has 78 heavy (non-hydrogen) atoms. The summed E-state index contributed by atoms with van der Waals surface area (Å²) in [7, 11) is 7.17. The molecule has 0 amide bonds. The van der Waals surface area contributed by atoms with E-state index >= 15 is 0 Å². The number of hydrogen-bond acceptors (Lipinski definition) is 3. The SMILES string of the molecule is CC(=O)C=C(C)O.Cc1c[c-]c(-c2nc3ccccc3c(-c3ccccc3)c2-c2ccccc2)cc1.[B]CP.[Ir].c1ccc2c(c1)c1ccccc1n2-c1ccc(-c2ccc(-n3c4ccccc4c4ccccc43)cc2)cc1. The van der Waals surface area contributed by atoms with Crippen molar-refractivity contribution in [1.82, 2.24) is 14.1 Å². The summed E-state index contributed by atoms with van der Waals surface area (Å²) in [6.45, 7) is 4.93. The van der Waals surface area contributed by atoms with Crippen LogP contribution in [0.2, 0.25) is 0 Å². The van der Waals surface area contributed by atoms with Crippen molar-refractivity contribution in [3.63, 3.8) is 0 Å². The number of benzene rings is 10. The fourth-order valence-electron chi connectivity index (χ4n) is 10.1. The molecule has 1 unspecified atom stereocenters.